The van der Waals surface area contributed by atoms with Crippen molar-refractivity contribution in [1.82, 2.24) is 4.98 Å². The van der Waals surface area contributed by atoms with Gasteiger partial charge in [-0.2, -0.15) is 0 Å². The summed E-state index contributed by atoms with van der Waals surface area (Å²) >= 11 is 3.32. The fourth-order valence-corrected chi connectivity index (χ4v) is 1.66. The van der Waals surface area contributed by atoms with Gasteiger partial charge < -0.3 is 4.74 Å². The zero-order chi connectivity index (χ0) is 13.1. The summed E-state index contributed by atoms with van der Waals surface area (Å²) in [4.78, 5) is 14.1. The number of benzene rings is 1. The van der Waals surface area contributed by atoms with Crippen molar-refractivity contribution >= 4 is 21.6 Å². The van der Waals surface area contributed by atoms with Crippen LogP contribution in [0.5, 0.6) is 11.6 Å². The van der Waals surface area contributed by atoms with Gasteiger partial charge in [-0.15, -0.1) is 0 Å². The molecule has 0 unspecified atom stereocenters. The van der Waals surface area contributed by atoms with E-state index in [1.165, 1.54) is 6.20 Å². The molecule has 0 saturated heterocycles. The molecule has 5 nitrogen and oxygen atoms in total. The van der Waals surface area contributed by atoms with Crippen molar-refractivity contribution in [3.8, 4) is 11.6 Å². The van der Waals surface area contributed by atoms with Crippen LogP contribution in [0.1, 0.15) is 5.56 Å². The van der Waals surface area contributed by atoms with Crippen LogP contribution in [0.25, 0.3) is 0 Å². The highest BCUT2D eigenvalue weighted by atomic mass is 79.9. The summed E-state index contributed by atoms with van der Waals surface area (Å²) in [5, 5.41) is 10.6. The van der Waals surface area contributed by atoms with Gasteiger partial charge in [-0.3, -0.25) is 10.1 Å². The van der Waals surface area contributed by atoms with Crippen LogP contribution >= 0.6 is 15.9 Å². The number of aromatic nitrogens is 1. The molecule has 1 aromatic carbocycles. The van der Waals surface area contributed by atoms with E-state index in [-0.39, 0.29) is 5.69 Å². The number of ether oxygens (including phenoxy) is 1. The fourth-order valence-electron chi connectivity index (χ4n) is 1.39. The van der Waals surface area contributed by atoms with E-state index in [0.717, 1.165) is 4.47 Å². The van der Waals surface area contributed by atoms with Gasteiger partial charge in [0.25, 0.3) is 5.69 Å². The monoisotopic (exact) mass is 308 g/mol. The van der Waals surface area contributed by atoms with Gasteiger partial charge >= 0.3 is 0 Å². The van der Waals surface area contributed by atoms with Gasteiger partial charge in [0.05, 0.1) is 4.92 Å². The molecule has 0 amide bonds. The quantitative estimate of drug-likeness (QED) is 0.638. The van der Waals surface area contributed by atoms with Gasteiger partial charge in [-0.05, 0) is 31.2 Å². The Bertz CT molecular complexity index is 584. The van der Waals surface area contributed by atoms with E-state index in [2.05, 4.69) is 20.9 Å². The summed E-state index contributed by atoms with van der Waals surface area (Å²) < 4.78 is 6.44. The number of aryl methyl sites for hydroxylation is 1. The maximum absolute atomic E-state index is 10.6. The molecule has 0 aliphatic rings. The zero-order valence-electron chi connectivity index (χ0n) is 9.46. The molecule has 6 heteroatoms. The van der Waals surface area contributed by atoms with Crippen LogP contribution in [0, 0.1) is 17.0 Å². The number of halogens is 1. The molecular weight excluding hydrogens is 300 g/mol. The maximum atomic E-state index is 10.6. The summed E-state index contributed by atoms with van der Waals surface area (Å²) in [6.07, 6.45) is 1.20. The van der Waals surface area contributed by atoms with E-state index in [9.17, 15) is 10.1 Å². The van der Waals surface area contributed by atoms with Crippen LogP contribution in [0.2, 0.25) is 0 Å². The van der Waals surface area contributed by atoms with Gasteiger partial charge in [-0.25, -0.2) is 4.98 Å². The first-order valence-corrected chi connectivity index (χ1v) is 5.90. The molecule has 0 spiro atoms. The lowest BCUT2D eigenvalue weighted by Gasteiger charge is -2.05. The summed E-state index contributed by atoms with van der Waals surface area (Å²) in [6.45, 7) is 1.65. The molecule has 1 heterocycles. The lowest BCUT2D eigenvalue weighted by atomic mass is 10.2. The van der Waals surface area contributed by atoms with Gasteiger partial charge in [0.1, 0.15) is 11.9 Å². The molecule has 1 aromatic heterocycles. The molecule has 0 aliphatic heterocycles. The summed E-state index contributed by atoms with van der Waals surface area (Å²) in [6, 6.07) is 8.78. The lowest BCUT2D eigenvalue weighted by molar-refractivity contribution is -0.385. The largest absolute Gasteiger partial charge is 0.439 e. The van der Waals surface area contributed by atoms with Crippen LogP contribution in [-0.4, -0.2) is 9.91 Å². The molecule has 18 heavy (non-hydrogen) atoms. The highest BCUT2D eigenvalue weighted by molar-refractivity contribution is 9.10. The molecule has 0 bridgehead atoms. The van der Waals surface area contributed by atoms with Crippen LogP contribution in [-0.2, 0) is 0 Å². The average molecular weight is 309 g/mol. The lowest BCUT2D eigenvalue weighted by Crippen LogP contribution is -1.95. The van der Waals surface area contributed by atoms with E-state index in [1.807, 2.05) is 12.1 Å². The minimum atomic E-state index is -0.467. The second kappa shape index (κ2) is 5.14. The Labute approximate surface area is 112 Å². The van der Waals surface area contributed by atoms with E-state index in [0.29, 0.717) is 17.2 Å². The number of nitrogens with zero attached hydrogens (tertiary/aromatic N) is 2. The van der Waals surface area contributed by atoms with E-state index < -0.39 is 4.92 Å². The van der Waals surface area contributed by atoms with Crippen molar-refractivity contribution in [2.24, 2.45) is 0 Å². The molecule has 0 saturated carbocycles. The molecule has 0 radical (unpaired) electrons. The third kappa shape index (κ3) is 2.84. The first kappa shape index (κ1) is 12.5. The Balaban J connectivity index is 2.22. The first-order chi connectivity index (χ1) is 8.56. The molecule has 0 fully saturated rings. The molecule has 92 valence electrons. The van der Waals surface area contributed by atoms with Crippen molar-refractivity contribution < 1.29 is 9.66 Å². The van der Waals surface area contributed by atoms with Gasteiger partial charge in [0.2, 0.25) is 5.88 Å². The van der Waals surface area contributed by atoms with Crippen molar-refractivity contribution in [2.75, 3.05) is 0 Å². The molecule has 0 aliphatic carbocycles. The van der Waals surface area contributed by atoms with Gasteiger partial charge in [-0.1, -0.05) is 15.9 Å². The van der Waals surface area contributed by atoms with Crippen molar-refractivity contribution in [3.63, 3.8) is 0 Å². The summed E-state index contributed by atoms with van der Waals surface area (Å²) in [5.41, 5.74) is 0.500. The normalized spacial score (nSPS) is 10.1. The molecule has 2 aromatic rings. The number of pyridine rings is 1. The molecule has 0 N–H and O–H groups in total. The molecular formula is C12H9BrN2O3. The van der Waals surface area contributed by atoms with E-state index in [1.54, 1.807) is 25.1 Å². The van der Waals surface area contributed by atoms with Crippen molar-refractivity contribution in [3.05, 3.63) is 56.7 Å². The minimum absolute atomic E-state index is 0.0156. The highest BCUT2D eigenvalue weighted by Crippen LogP contribution is 2.25. The predicted octanol–water partition coefficient (Wildman–Crippen LogP) is 3.85. The SMILES string of the molecule is Cc1cc(Oc2ccc(Br)cc2)ncc1[N+](=O)[O-]. The smallest absolute Gasteiger partial charge is 0.290 e. The number of hydrogen-bond donors (Lipinski definition) is 0. The Morgan fingerprint density at radius 3 is 2.56 bits per heavy atom. The van der Waals surface area contributed by atoms with Crippen LogP contribution in [0.3, 0.4) is 0 Å². The van der Waals surface area contributed by atoms with E-state index in [4.69, 9.17) is 4.74 Å². The number of nitro groups is 1. The topological polar surface area (TPSA) is 65.3 Å². The molecule has 2 rings (SSSR count). The number of rotatable bonds is 3. The Kier molecular flexibility index (Phi) is 3.57. The van der Waals surface area contributed by atoms with Crippen molar-refractivity contribution in [1.29, 1.82) is 0 Å². The zero-order valence-corrected chi connectivity index (χ0v) is 11.0. The Hall–Kier alpha value is -1.95. The van der Waals surface area contributed by atoms with E-state index >= 15 is 0 Å². The number of hydrogen-bond acceptors (Lipinski definition) is 4. The van der Waals surface area contributed by atoms with Gasteiger partial charge in [0, 0.05) is 16.1 Å². The third-order valence-electron chi connectivity index (χ3n) is 2.29. The fraction of sp³-hybridized carbons (Fsp3) is 0.0833. The first-order valence-electron chi connectivity index (χ1n) is 5.11. The van der Waals surface area contributed by atoms with Crippen LogP contribution < -0.4 is 4.74 Å². The highest BCUT2D eigenvalue weighted by Gasteiger charge is 2.12. The third-order valence-corrected chi connectivity index (χ3v) is 2.82. The second-order valence-electron chi connectivity index (χ2n) is 3.62. The van der Waals surface area contributed by atoms with Crippen LogP contribution in [0.4, 0.5) is 5.69 Å². The van der Waals surface area contributed by atoms with Crippen molar-refractivity contribution in [2.45, 2.75) is 6.92 Å². The minimum Gasteiger partial charge on any atom is -0.439 e. The van der Waals surface area contributed by atoms with Crippen LogP contribution in [0.15, 0.2) is 41.0 Å². The maximum Gasteiger partial charge on any atom is 0.290 e. The average Bonchev–Trinajstić information content (AvgIpc) is 2.32. The predicted molar refractivity (Wildman–Crippen MR) is 69.8 cm³/mol. The summed E-state index contributed by atoms with van der Waals surface area (Å²) in [7, 11) is 0. The standard InChI is InChI=1S/C12H9BrN2O3/c1-8-6-12(14-7-11(8)15(16)17)18-10-4-2-9(13)3-5-10/h2-7H,1H3. The Morgan fingerprint density at radius 2 is 2.00 bits per heavy atom. The second-order valence-corrected chi connectivity index (χ2v) is 4.54. The Morgan fingerprint density at radius 1 is 1.33 bits per heavy atom. The van der Waals surface area contributed by atoms with Gasteiger partial charge in [0.15, 0.2) is 0 Å². The molecule has 0 atom stereocenters. The summed E-state index contributed by atoms with van der Waals surface area (Å²) in [5.74, 6) is 0.958.